The Morgan fingerprint density at radius 3 is 2.67 bits per heavy atom. The van der Waals surface area contributed by atoms with Gasteiger partial charge in [0.15, 0.2) is 5.13 Å². The van der Waals surface area contributed by atoms with Gasteiger partial charge in [-0.1, -0.05) is 25.1 Å². The van der Waals surface area contributed by atoms with Gasteiger partial charge in [0, 0.05) is 23.5 Å². The summed E-state index contributed by atoms with van der Waals surface area (Å²) in [7, 11) is 0. The van der Waals surface area contributed by atoms with E-state index in [1.54, 1.807) is 12.1 Å². The second kappa shape index (κ2) is 9.62. The number of hydrogen-bond donors (Lipinski definition) is 2. The number of amides is 2. The molecule has 1 unspecified atom stereocenters. The molecule has 1 aliphatic rings. The van der Waals surface area contributed by atoms with Crippen molar-refractivity contribution < 1.29 is 9.59 Å². The molecule has 1 fully saturated rings. The van der Waals surface area contributed by atoms with Gasteiger partial charge in [0.25, 0.3) is 5.91 Å². The standard InChI is InChI=1S/C20H26N4O2S/c1-2-17(24-10-6-7-11-24)13-21-18(25)12-16-14-27-20(22-16)23-19(26)15-8-4-3-5-9-15/h3-5,8-9,14,17H,2,6-7,10-13H2,1H3,(H,21,25)(H,22,23,26). The van der Waals surface area contributed by atoms with E-state index in [2.05, 4.69) is 27.4 Å². The van der Waals surface area contributed by atoms with Crippen molar-refractivity contribution in [3.05, 3.63) is 47.0 Å². The largest absolute Gasteiger partial charge is 0.354 e. The maximum Gasteiger partial charge on any atom is 0.257 e. The van der Waals surface area contributed by atoms with Crippen molar-refractivity contribution in [3.63, 3.8) is 0 Å². The van der Waals surface area contributed by atoms with Gasteiger partial charge < -0.3 is 5.32 Å². The van der Waals surface area contributed by atoms with Crippen molar-refractivity contribution in [1.29, 1.82) is 0 Å². The number of carbonyl (C=O) groups excluding carboxylic acids is 2. The third-order valence-corrected chi connectivity index (χ3v) is 5.62. The Morgan fingerprint density at radius 1 is 1.22 bits per heavy atom. The summed E-state index contributed by atoms with van der Waals surface area (Å²) in [6.07, 6.45) is 3.77. The van der Waals surface area contributed by atoms with Crippen molar-refractivity contribution in [2.45, 2.75) is 38.6 Å². The number of nitrogens with zero attached hydrogens (tertiary/aromatic N) is 2. The lowest BCUT2D eigenvalue weighted by atomic mass is 10.2. The fourth-order valence-corrected chi connectivity index (χ4v) is 4.01. The van der Waals surface area contributed by atoms with E-state index < -0.39 is 0 Å². The van der Waals surface area contributed by atoms with Crippen LogP contribution in [0.3, 0.4) is 0 Å². The second-order valence-electron chi connectivity index (χ2n) is 6.75. The van der Waals surface area contributed by atoms with E-state index in [1.165, 1.54) is 24.2 Å². The molecule has 7 heteroatoms. The average Bonchev–Trinajstić information content (AvgIpc) is 3.35. The monoisotopic (exact) mass is 386 g/mol. The van der Waals surface area contributed by atoms with Gasteiger partial charge in [-0.15, -0.1) is 11.3 Å². The minimum atomic E-state index is -0.197. The minimum absolute atomic E-state index is 0.0288. The second-order valence-corrected chi connectivity index (χ2v) is 7.61. The van der Waals surface area contributed by atoms with Gasteiger partial charge in [-0.2, -0.15) is 0 Å². The van der Waals surface area contributed by atoms with Gasteiger partial charge in [0.1, 0.15) is 0 Å². The number of anilines is 1. The average molecular weight is 387 g/mol. The summed E-state index contributed by atoms with van der Waals surface area (Å²) in [5.74, 6) is -0.226. The number of aromatic nitrogens is 1. The third kappa shape index (κ3) is 5.61. The van der Waals surface area contributed by atoms with Gasteiger partial charge in [-0.25, -0.2) is 4.98 Å². The van der Waals surface area contributed by atoms with Crippen LogP contribution in [-0.2, 0) is 11.2 Å². The molecule has 1 aromatic heterocycles. The molecule has 1 aliphatic heterocycles. The van der Waals surface area contributed by atoms with Crippen molar-refractivity contribution in [2.75, 3.05) is 25.0 Å². The molecule has 1 saturated heterocycles. The first-order chi connectivity index (χ1) is 13.2. The molecule has 0 spiro atoms. The van der Waals surface area contributed by atoms with E-state index in [9.17, 15) is 9.59 Å². The summed E-state index contributed by atoms with van der Waals surface area (Å²) in [5, 5.41) is 8.14. The van der Waals surface area contributed by atoms with Crippen LogP contribution in [0.1, 0.15) is 42.2 Å². The van der Waals surface area contributed by atoms with Crippen LogP contribution in [0.4, 0.5) is 5.13 Å². The maximum atomic E-state index is 12.2. The van der Waals surface area contributed by atoms with Gasteiger partial charge >= 0.3 is 0 Å². The van der Waals surface area contributed by atoms with E-state index in [1.807, 2.05) is 23.6 Å². The molecule has 3 rings (SSSR count). The molecule has 2 aromatic rings. The summed E-state index contributed by atoms with van der Waals surface area (Å²) in [4.78, 5) is 31.2. The van der Waals surface area contributed by atoms with Crippen LogP contribution in [0, 0.1) is 0 Å². The third-order valence-electron chi connectivity index (χ3n) is 4.81. The first-order valence-electron chi connectivity index (χ1n) is 9.47. The van der Waals surface area contributed by atoms with Crippen LogP contribution >= 0.6 is 11.3 Å². The minimum Gasteiger partial charge on any atom is -0.354 e. The summed E-state index contributed by atoms with van der Waals surface area (Å²) in [5.41, 5.74) is 1.26. The molecule has 2 heterocycles. The Kier molecular flexibility index (Phi) is 6.95. The summed E-state index contributed by atoms with van der Waals surface area (Å²) in [6, 6.07) is 9.41. The summed E-state index contributed by atoms with van der Waals surface area (Å²) >= 11 is 1.33. The molecule has 0 saturated carbocycles. The zero-order valence-electron chi connectivity index (χ0n) is 15.6. The molecule has 2 amide bonds. The predicted octanol–water partition coefficient (Wildman–Crippen LogP) is 2.93. The molecule has 6 nitrogen and oxygen atoms in total. The number of benzene rings is 1. The predicted molar refractivity (Wildman–Crippen MR) is 108 cm³/mol. The Hall–Kier alpha value is -2.25. The normalized spacial score (nSPS) is 15.4. The van der Waals surface area contributed by atoms with Crippen molar-refractivity contribution in [3.8, 4) is 0 Å². The van der Waals surface area contributed by atoms with Crippen LogP contribution < -0.4 is 10.6 Å². The maximum absolute atomic E-state index is 12.2. The lowest BCUT2D eigenvalue weighted by molar-refractivity contribution is -0.120. The SMILES string of the molecule is CCC(CNC(=O)Cc1csc(NC(=O)c2ccccc2)n1)N1CCCC1. The smallest absolute Gasteiger partial charge is 0.257 e. The van der Waals surface area contributed by atoms with Crippen LogP contribution in [0.2, 0.25) is 0 Å². The summed E-state index contributed by atoms with van der Waals surface area (Å²) < 4.78 is 0. The first kappa shape index (κ1) is 19.5. The Bertz CT molecular complexity index is 756. The first-order valence-corrected chi connectivity index (χ1v) is 10.3. The Morgan fingerprint density at radius 2 is 1.96 bits per heavy atom. The number of carbonyl (C=O) groups is 2. The van der Waals surface area contributed by atoms with Crippen LogP contribution in [0.15, 0.2) is 35.7 Å². The Balaban J connectivity index is 1.47. The fraction of sp³-hybridized carbons (Fsp3) is 0.450. The number of rotatable bonds is 8. The zero-order chi connectivity index (χ0) is 19.1. The molecule has 0 radical (unpaired) electrons. The molecule has 144 valence electrons. The highest BCUT2D eigenvalue weighted by atomic mass is 32.1. The lowest BCUT2D eigenvalue weighted by Crippen LogP contribution is -2.42. The molecular weight excluding hydrogens is 360 g/mol. The van der Waals surface area contributed by atoms with Gasteiger partial charge in [-0.05, 0) is 44.5 Å². The van der Waals surface area contributed by atoms with E-state index in [0.29, 0.717) is 29.0 Å². The molecular formula is C20H26N4O2S. The highest BCUT2D eigenvalue weighted by Gasteiger charge is 2.21. The van der Waals surface area contributed by atoms with E-state index >= 15 is 0 Å². The highest BCUT2D eigenvalue weighted by molar-refractivity contribution is 7.14. The fourth-order valence-electron chi connectivity index (χ4n) is 3.30. The number of nitrogens with one attached hydrogen (secondary N) is 2. The lowest BCUT2D eigenvalue weighted by Gasteiger charge is -2.26. The van der Waals surface area contributed by atoms with Gasteiger partial charge in [0.05, 0.1) is 12.1 Å². The molecule has 27 heavy (non-hydrogen) atoms. The molecule has 0 aliphatic carbocycles. The van der Waals surface area contributed by atoms with Crippen LogP contribution in [0.25, 0.3) is 0 Å². The number of hydrogen-bond acceptors (Lipinski definition) is 5. The van der Waals surface area contributed by atoms with E-state index in [4.69, 9.17) is 0 Å². The van der Waals surface area contributed by atoms with Gasteiger partial charge in [0.2, 0.25) is 5.91 Å². The van der Waals surface area contributed by atoms with Crippen molar-refractivity contribution in [1.82, 2.24) is 15.2 Å². The van der Waals surface area contributed by atoms with Crippen LogP contribution in [0.5, 0.6) is 0 Å². The quantitative estimate of drug-likeness (QED) is 0.732. The highest BCUT2D eigenvalue weighted by Crippen LogP contribution is 2.17. The zero-order valence-corrected chi connectivity index (χ0v) is 16.4. The molecule has 0 bridgehead atoms. The Labute approximate surface area is 164 Å². The van der Waals surface area contributed by atoms with Crippen molar-refractivity contribution >= 4 is 28.3 Å². The molecule has 2 N–H and O–H groups in total. The number of thiazole rings is 1. The molecule has 1 atom stereocenters. The van der Waals surface area contributed by atoms with Crippen LogP contribution in [-0.4, -0.2) is 47.4 Å². The van der Waals surface area contributed by atoms with E-state index in [0.717, 1.165) is 19.5 Å². The van der Waals surface area contributed by atoms with Crippen molar-refractivity contribution in [2.24, 2.45) is 0 Å². The molecule has 1 aromatic carbocycles. The number of likely N-dealkylation sites (tertiary alicyclic amines) is 1. The van der Waals surface area contributed by atoms with E-state index in [-0.39, 0.29) is 18.2 Å². The topological polar surface area (TPSA) is 74.3 Å². The van der Waals surface area contributed by atoms with Gasteiger partial charge in [-0.3, -0.25) is 19.8 Å². The summed E-state index contributed by atoms with van der Waals surface area (Å²) in [6.45, 7) is 5.10.